The summed E-state index contributed by atoms with van der Waals surface area (Å²) < 4.78 is 0. The van der Waals surface area contributed by atoms with E-state index in [-0.39, 0.29) is 5.92 Å². The lowest BCUT2D eigenvalue weighted by Gasteiger charge is -2.32. The molecule has 3 aromatic heterocycles. The third-order valence-electron chi connectivity index (χ3n) is 4.39. The number of hydrogen-bond acceptors (Lipinski definition) is 8. The standard InChI is InChI=1S/C18H21N7S/c1-12-8-15(24-18-22-13(2)11-26-18)23-17(21-12)14-4-3-7-25(10-14)16-9-19-5-6-20-16/h5-6,8-9,11,14H,3-4,7,10H2,1-2H3,(H,21,22,23,24). The highest BCUT2D eigenvalue weighted by Crippen LogP contribution is 2.28. The molecule has 0 radical (unpaired) electrons. The molecule has 0 amide bonds. The minimum atomic E-state index is 0.282. The molecule has 8 heteroatoms. The van der Waals surface area contributed by atoms with E-state index in [1.54, 1.807) is 23.7 Å². The molecule has 26 heavy (non-hydrogen) atoms. The molecule has 1 N–H and O–H groups in total. The molecule has 3 aromatic rings. The van der Waals surface area contributed by atoms with Crippen LogP contribution in [0.25, 0.3) is 0 Å². The van der Waals surface area contributed by atoms with Gasteiger partial charge in [0.1, 0.15) is 17.5 Å². The highest BCUT2D eigenvalue weighted by atomic mass is 32.1. The monoisotopic (exact) mass is 367 g/mol. The van der Waals surface area contributed by atoms with Crippen LogP contribution in [-0.4, -0.2) is 38.0 Å². The van der Waals surface area contributed by atoms with Gasteiger partial charge in [0.2, 0.25) is 0 Å². The van der Waals surface area contributed by atoms with Crippen molar-refractivity contribution in [3.8, 4) is 0 Å². The van der Waals surface area contributed by atoms with Gasteiger partial charge in [0, 0.05) is 48.5 Å². The van der Waals surface area contributed by atoms with Crippen LogP contribution in [0.3, 0.4) is 0 Å². The Labute approximate surface area is 156 Å². The number of rotatable bonds is 4. The van der Waals surface area contributed by atoms with E-state index in [0.717, 1.165) is 59.9 Å². The summed E-state index contributed by atoms with van der Waals surface area (Å²) in [5.41, 5.74) is 1.97. The van der Waals surface area contributed by atoms with Crippen molar-refractivity contribution in [2.24, 2.45) is 0 Å². The van der Waals surface area contributed by atoms with Gasteiger partial charge in [0.05, 0.1) is 11.9 Å². The van der Waals surface area contributed by atoms with Gasteiger partial charge in [-0.2, -0.15) is 0 Å². The Morgan fingerprint density at radius 1 is 1.15 bits per heavy atom. The maximum absolute atomic E-state index is 4.77. The molecule has 0 bridgehead atoms. The predicted octanol–water partition coefficient (Wildman–Crippen LogP) is 3.47. The van der Waals surface area contributed by atoms with Crippen molar-refractivity contribution in [1.29, 1.82) is 0 Å². The maximum Gasteiger partial charge on any atom is 0.188 e. The van der Waals surface area contributed by atoms with Crippen LogP contribution in [0.15, 0.2) is 30.0 Å². The van der Waals surface area contributed by atoms with Gasteiger partial charge in [-0.3, -0.25) is 4.98 Å². The summed E-state index contributed by atoms with van der Waals surface area (Å²) in [7, 11) is 0. The Morgan fingerprint density at radius 3 is 2.85 bits per heavy atom. The Morgan fingerprint density at radius 2 is 2.08 bits per heavy atom. The van der Waals surface area contributed by atoms with Crippen LogP contribution in [0.4, 0.5) is 16.8 Å². The molecule has 0 aromatic carbocycles. The van der Waals surface area contributed by atoms with Crippen molar-refractivity contribution in [3.05, 3.63) is 47.2 Å². The molecule has 1 saturated heterocycles. The molecule has 7 nitrogen and oxygen atoms in total. The second-order valence-corrected chi connectivity index (χ2v) is 7.38. The summed E-state index contributed by atoms with van der Waals surface area (Å²) in [6.07, 6.45) is 7.42. The molecule has 1 atom stereocenters. The van der Waals surface area contributed by atoms with Gasteiger partial charge in [-0.25, -0.2) is 19.9 Å². The van der Waals surface area contributed by atoms with Crippen LogP contribution in [0, 0.1) is 13.8 Å². The van der Waals surface area contributed by atoms with Gasteiger partial charge in [0.15, 0.2) is 5.13 Å². The fourth-order valence-electron chi connectivity index (χ4n) is 3.21. The Bertz CT molecular complexity index is 880. The molecule has 0 spiro atoms. The second kappa shape index (κ2) is 7.33. The minimum Gasteiger partial charge on any atom is -0.355 e. The van der Waals surface area contributed by atoms with Crippen LogP contribution >= 0.6 is 11.3 Å². The molecule has 4 rings (SSSR count). The van der Waals surface area contributed by atoms with Crippen molar-refractivity contribution in [2.75, 3.05) is 23.3 Å². The first-order valence-corrected chi connectivity index (χ1v) is 9.61. The molecule has 134 valence electrons. The first-order chi connectivity index (χ1) is 12.7. The quantitative estimate of drug-likeness (QED) is 0.756. The van der Waals surface area contributed by atoms with E-state index in [2.05, 4.69) is 25.2 Å². The normalized spacial score (nSPS) is 17.3. The molecule has 0 aliphatic carbocycles. The first-order valence-electron chi connectivity index (χ1n) is 8.73. The number of thiazole rings is 1. The van der Waals surface area contributed by atoms with Gasteiger partial charge in [0.25, 0.3) is 0 Å². The van der Waals surface area contributed by atoms with Crippen LogP contribution in [0.5, 0.6) is 0 Å². The van der Waals surface area contributed by atoms with E-state index in [1.165, 1.54) is 0 Å². The van der Waals surface area contributed by atoms with Crippen LogP contribution in [-0.2, 0) is 0 Å². The molecule has 4 heterocycles. The maximum atomic E-state index is 4.77. The molecular weight excluding hydrogens is 346 g/mol. The molecule has 1 unspecified atom stereocenters. The Balaban J connectivity index is 1.54. The summed E-state index contributed by atoms with van der Waals surface area (Å²) in [5, 5.41) is 6.19. The Hall–Kier alpha value is -2.61. The topological polar surface area (TPSA) is 79.7 Å². The van der Waals surface area contributed by atoms with E-state index >= 15 is 0 Å². The zero-order chi connectivity index (χ0) is 17.9. The van der Waals surface area contributed by atoms with Gasteiger partial charge in [-0.15, -0.1) is 11.3 Å². The average molecular weight is 367 g/mol. The summed E-state index contributed by atoms with van der Waals surface area (Å²) in [4.78, 5) is 24.8. The van der Waals surface area contributed by atoms with Crippen molar-refractivity contribution >= 4 is 28.1 Å². The smallest absolute Gasteiger partial charge is 0.188 e. The lowest BCUT2D eigenvalue weighted by Crippen LogP contribution is -2.35. The average Bonchev–Trinajstić information content (AvgIpc) is 3.07. The van der Waals surface area contributed by atoms with Gasteiger partial charge in [-0.05, 0) is 26.7 Å². The number of nitrogens with zero attached hydrogens (tertiary/aromatic N) is 6. The third kappa shape index (κ3) is 3.80. The van der Waals surface area contributed by atoms with Gasteiger partial charge in [-0.1, -0.05) is 0 Å². The number of aryl methyl sites for hydroxylation is 2. The van der Waals surface area contributed by atoms with E-state index in [9.17, 15) is 0 Å². The fraction of sp³-hybridized carbons (Fsp3) is 0.389. The highest BCUT2D eigenvalue weighted by molar-refractivity contribution is 7.13. The van der Waals surface area contributed by atoms with Crippen molar-refractivity contribution in [3.63, 3.8) is 0 Å². The highest BCUT2D eigenvalue weighted by Gasteiger charge is 2.25. The van der Waals surface area contributed by atoms with Crippen LogP contribution in [0.2, 0.25) is 0 Å². The number of anilines is 3. The molecule has 1 aliphatic heterocycles. The van der Waals surface area contributed by atoms with Crippen molar-refractivity contribution in [1.82, 2.24) is 24.9 Å². The number of piperidine rings is 1. The fourth-order valence-corrected chi connectivity index (χ4v) is 3.90. The lowest BCUT2D eigenvalue weighted by molar-refractivity contribution is 0.488. The summed E-state index contributed by atoms with van der Waals surface area (Å²) in [6.45, 7) is 5.84. The molecule has 0 saturated carbocycles. The summed E-state index contributed by atoms with van der Waals surface area (Å²) in [5.74, 6) is 2.89. The van der Waals surface area contributed by atoms with Crippen molar-refractivity contribution in [2.45, 2.75) is 32.6 Å². The summed E-state index contributed by atoms with van der Waals surface area (Å²) >= 11 is 1.58. The predicted molar refractivity (Wildman–Crippen MR) is 103 cm³/mol. The zero-order valence-electron chi connectivity index (χ0n) is 14.9. The van der Waals surface area contributed by atoms with E-state index < -0.39 is 0 Å². The summed E-state index contributed by atoms with van der Waals surface area (Å²) in [6, 6.07) is 1.96. The van der Waals surface area contributed by atoms with Gasteiger partial charge >= 0.3 is 0 Å². The zero-order valence-corrected chi connectivity index (χ0v) is 15.7. The van der Waals surface area contributed by atoms with E-state index in [1.807, 2.05) is 31.5 Å². The minimum absolute atomic E-state index is 0.282. The number of hydrogen-bond donors (Lipinski definition) is 1. The van der Waals surface area contributed by atoms with E-state index in [0.29, 0.717) is 0 Å². The molecular formula is C18H21N7S. The number of aromatic nitrogens is 5. The Kier molecular flexibility index (Phi) is 4.75. The second-order valence-electron chi connectivity index (χ2n) is 6.52. The lowest BCUT2D eigenvalue weighted by atomic mass is 9.97. The molecule has 1 fully saturated rings. The van der Waals surface area contributed by atoms with Crippen LogP contribution < -0.4 is 10.2 Å². The largest absolute Gasteiger partial charge is 0.355 e. The van der Waals surface area contributed by atoms with E-state index in [4.69, 9.17) is 9.97 Å². The number of nitrogens with one attached hydrogen (secondary N) is 1. The van der Waals surface area contributed by atoms with Gasteiger partial charge < -0.3 is 10.2 Å². The first kappa shape index (κ1) is 16.8. The third-order valence-corrected chi connectivity index (χ3v) is 5.26. The van der Waals surface area contributed by atoms with Crippen molar-refractivity contribution < 1.29 is 0 Å². The van der Waals surface area contributed by atoms with Crippen LogP contribution in [0.1, 0.15) is 36.0 Å². The SMILES string of the molecule is Cc1cc(Nc2nc(C)cs2)nc(C2CCCN(c3cnccn3)C2)n1. The molecule has 1 aliphatic rings.